The van der Waals surface area contributed by atoms with Crippen LogP contribution in [0.1, 0.15) is 43.2 Å². The van der Waals surface area contributed by atoms with E-state index in [0.29, 0.717) is 19.0 Å². The first-order chi connectivity index (χ1) is 10.9. The summed E-state index contributed by atoms with van der Waals surface area (Å²) in [4.78, 5) is 10.2. The van der Waals surface area contributed by atoms with Gasteiger partial charge in [-0.1, -0.05) is 17.3 Å². The molecular formula is C17H21F3N2O. The first-order valence-electron chi connectivity index (χ1n) is 8.04. The number of hydrogen-bond donors (Lipinski definition) is 1. The summed E-state index contributed by atoms with van der Waals surface area (Å²) in [5, 5.41) is 2.89. The van der Waals surface area contributed by atoms with Crippen molar-refractivity contribution >= 4 is 0 Å². The van der Waals surface area contributed by atoms with Crippen LogP contribution in [0.4, 0.5) is 13.2 Å². The van der Waals surface area contributed by atoms with E-state index in [4.69, 9.17) is 5.73 Å². The number of alkyl halides is 3. The van der Waals surface area contributed by atoms with Crippen LogP contribution in [-0.2, 0) is 11.6 Å². The average Bonchev–Trinajstić information content (AvgIpc) is 3.05. The highest BCUT2D eigenvalue weighted by molar-refractivity contribution is 5.42. The first-order valence-corrected chi connectivity index (χ1v) is 8.04. The van der Waals surface area contributed by atoms with Crippen LogP contribution in [0.5, 0.6) is 0 Å². The number of fused-ring (bicyclic) bond motifs is 1. The third-order valence-electron chi connectivity index (χ3n) is 5.86. The lowest BCUT2D eigenvalue weighted by atomic mass is 9.87. The number of nitrogens with zero attached hydrogens (tertiary/aromatic N) is 1. The third-order valence-corrected chi connectivity index (χ3v) is 5.86. The molecule has 0 spiro atoms. The van der Waals surface area contributed by atoms with Gasteiger partial charge in [-0.2, -0.15) is 18.1 Å². The highest BCUT2D eigenvalue weighted by Crippen LogP contribution is 2.75. The van der Waals surface area contributed by atoms with Gasteiger partial charge in [0.05, 0.1) is 12.1 Å². The quantitative estimate of drug-likeness (QED) is 0.627. The van der Waals surface area contributed by atoms with Crippen LogP contribution in [0, 0.1) is 16.2 Å². The molecule has 2 fully saturated rings. The van der Waals surface area contributed by atoms with E-state index in [-0.39, 0.29) is 10.8 Å². The minimum Gasteiger partial charge on any atom is -0.330 e. The molecule has 2 saturated carbocycles. The second-order valence-electron chi connectivity index (χ2n) is 7.09. The molecule has 0 bridgehead atoms. The number of halogens is 3. The zero-order valence-electron chi connectivity index (χ0n) is 12.9. The Hall–Kier alpha value is -1.43. The number of rotatable bonds is 6. The Morgan fingerprint density at radius 2 is 1.91 bits per heavy atom. The molecule has 2 aliphatic carbocycles. The molecule has 1 unspecified atom stereocenters. The lowest BCUT2D eigenvalue weighted by Gasteiger charge is -2.18. The van der Waals surface area contributed by atoms with Crippen LogP contribution >= 0.6 is 0 Å². The fourth-order valence-corrected chi connectivity index (χ4v) is 4.71. The highest BCUT2D eigenvalue weighted by Gasteiger charge is 2.71. The number of hydrogen-bond acceptors (Lipinski definition) is 3. The Balaban J connectivity index is 1.77. The SMILES string of the molecule is NC[C@]12CC(CCCN=O)C[C@@]1(c1ccc(C(F)(F)F)cc1)C2. The molecule has 0 saturated heterocycles. The predicted octanol–water partition coefficient (Wildman–Crippen LogP) is 4.25. The predicted molar refractivity (Wildman–Crippen MR) is 81.8 cm³/mol. The van der Waals surface area contributed by atoms with Gasteiger partial charge in [-0.15, -0.1) is 0 Å². The summed E-state index contributed by atoms with van der Waals surface area (Å²) in [6.07, 6.45) is 0.334. The Morgan fingerprint density at radius 1 is 1.22 bits per heavy atom. The molecule has 3 nitrogen and oxygen atoms in total. The van der Waals surface area contributed by atoms with Crippen molar-refractivity contribution in [2.45, 2.75) is 43.7 Å². The molecule has 23 heavy (non-hydrogen) atoms. The molecule has 0 aromatic heterocycles. The normalized spacial score (nSPS) is 32.6. The molecule has 1 aromatic rings. The molecule has 6 heteroatoms. The Morgan fingerprint density at radius 3 is 2.48 bits per heavy atom. The molecule has 0 radical (unpaired) electrons. The van der Waals surface area contributed by atoms with Gasteiger partial charge in [0.1, 0.15) is 0 Å². The van der Waals surface area contributed by atoms with E-state index in [0.717, 1.165) is 37.7 Å². The highest BCUT2D eigenvalue weighted by atomic mass is 19.4. The summed E-state index contributed by atoms with van der Waals surface area (Å²) in [7, 11) is 0. The van der Waals surface area contributed by atoms with E-state index in [1.807, 2.05) is 0 Å². The van der Waals surface area contributed by atoms with E-state index < -0.39 is 11.7 Å². The summed E-state index contributed by atoms with van der Waals surface area (Å²) in [6.45, 7) is 0.899. The van der Waals surface area contributed by atoms with Crippen LogP contribution in [0.3, 0.4) is 0 Å². The summed E-state index contributed by atoms with van der Waals surface area (Å²) in [5.74, 6) is 0.483. The van der Waals surface area contributed by atoms with Crippen molar-refractivity contribution in [1.82, 2.24) is 0 Å². The van der Waals surface area contributed by atoms with E-state index in [9.17, 15) is 18.1 Å². The number of nitrogens with two attached hydrogens (primary N) is 1. The molecule has 0 heterocycles. The van der Waals surface area contributed by atoms with E-state index >= 15 is 0 Å². The molecule has 1 aromatic carbocycles. The molecule has 126 valence electrons. The second-order valence-corrected chi connectivity index (χ2v) is 7.09. The van der Waals surface area contributed by atoms with Crippen molar-refractivity contribution in [3.63, 3.8) is 0 Å². The van der Waals surface area contributed by atoms with Crippen molar-refractivity contribution in [3.05, 3.63) is 40.3 Å². The molecule has 3 rings (SSSR count). The van der Waals surface area contributed by atoms with Crippen LogP contribution in [0.25, 0.3) is 0 Å². The summed E-state index contributed by atoms with van der Waals surface area (Å²) >= 11 is 0. The average molecular weight is 326 g/mol. The van der Waals surface area contributed by atoms with Crippen LogP contribution in [0.15, 0.2) is 29.4 Å². The van der Waals surface area contributed by atoms with Crippen LogP contribution in [-0.4, -0.2) is 13.1 Å². The van der Waals surface area contributed by atoms with E-state index in [1.165, 1.54) is 12.1 Å². The van der Waals surface area contributed by atoms with Crippen molar-refractivity contribution < 1.29 is 13.2 Å². The van der Waals surface area contributed by atoms with Gasteiger partial charge in [-0.05, 0) is 67.7 Å². The van der Waals surface area contributed by atoms with Crippen molar-refractivity contribution in [1.29, 1.82) is 0 Å². The largest absolute Gasteiger partial charge is 0.416 e. The molecule has 0 aliphatic heterocycles. The van der Waals surface area contributed by atoms with Gasteiger partial charge >= 0.3 is 6.18 Å². The molecular weight excluding hydrogens is 305 g/mol. The fourth-order valence-electron chi connectivity index (χ4n) is 4.71. The van der Waals surface area contributed by atoms with Gasteiger partial charge in [-0.25, -0.2) is 0 Å². The Labute approximate surface area is 133 Å². The van der Waals surface area contributed by atoms with Crippen molar-refractivity contribution in [2.75, 3.05) is 13.1 Å². The minimum atomic E-state index is -4.30. The topological polar surface area (TPSA) is 55.4 Å². The minimum absolute atomic E-state index is 0.0338. The lowest BCUT2D eigenvalue weighted by molar-refractivity contribution is -0.137. The maximum Gasteiger partial charge on any atom is 0.416 e. The molecule has 3 atom stereocenters. The molecule has 2 aliphatic rings. The second kappa shape index (κ2) is 5.58. The van der Waals surface area contributed by atoms with Gasteiger partial charge < -0.3 is 5.73 Å². The van der Waals surface area contributed by atoms with Gasteiger partial charge in [0.15, 0.2) is 0 Å². The van der Waals surface area contributed by atoms with Gasteiger partial charge in [0, 0.05) is 5.41 Å². The third kappa shape index (κ3) is 2.67. The summed E-state index contributed by atoms with van der Waals surface area (Å²) in [5.41, 5.74) is 6.34. The Kier molecular flexibility index (Phi) is 3.99. The van der Waals surface area contributed by atoms with Crippen LogP contribution < -0.4 is 5.73 Å². The standard InChI is InChI=1S/C17H21F3N2O/c18-17(19,20)14-5-3-13(4-6-14)16-9-12(2-1-7-22-23)8-15(16,10-16)11-21/h3-6,12H,1-2,7-11,21H2/t12?,15-,16+/m1/s1. The monoisotopic (exact) mass is 326 g/mol. The molecule has 2 N–H and O–H groups in total. The van der Waals surface area contributed by atoms with Crippen molar-refractivity contribution in [3.8, 4) is 0 Å². The van der Waals surface area contributed by atoms with E-state index in [1.54, 1.807) is 12.1 Å². The first kappa shape index (κ1) is 16.4. The Bertz CT molecular complexity index is 586. The number of nitroso groups, excluding NO2 is 1. The smallest absolute Gasteiger partial charge is 0.330 e. The summed E-state index contributed by atoms with van der Waals surface area (Å²) in [6, 6.07) is 5.59. The fraction of sp³-hybridized carbons (Fsp3) is 0.647. The lowest BCUT2D eigenvalue weighted by Crippen LogP contribution is -2.21. The maximum atomic E-state index is 12.7. The van der Waals surface area contributed by atoms with Gasteiger partial charge in [0.25, 0.3) is 0 Å². The zero-order chi connectivity index (χ0) is 16.7. The van der Waals surface area contributed by atoms with E-state index in [2.05, 4.69) is 5.18 Å². The van der Waals surface area contributed by atoms with Gasteiger partial charge in [0.2, 0.25) is 0 Å². The van der Waals surface area contributed by atoms with Crippen LogP contribution in [0.2, 0.25) is 0 Å². The van der Waals surface area contributed by atoms with Gasteiger partial charge in [-0.3, -0.25) is 0 Å². The summed E-state index contributed by atoms with van der Waals surface area (Å²) < 4.78 is 38.2. The maximum absolute atomic E-state index is 12.7. The molecule has 0 amide bonds. The zero-order valence-corrected chi connectivity index (χ0v) is 12.9. The van der Waals surface area contributed by atoms with Crippen molar-refractivity contribution in [2.24, 2.45) is 22.2 Å². The number of benzene rings is 1.